The normalized spacial score (nSPS) is 14.8. The summed E-state index contributed by atoms with van der Waals surface area (Å²) in [5.41, 5.74) is 3.62. The number of nitrogens with zero attached hydrogens (tertiary/aromatic N) is 2. The SMILES string of the molecule is CCc1ccc(N2CCN(C(=O)Cc3ccc(Cl)cc3)CC2)cc1. The van der Waals surface area contributed by atoms with Gasteiger partial charge in [0.15, 0.2) is 0 Å². The molecule has 1 aliphatic rings. The van der Waals surface area contributed by atoms with Crippen LogP contribution in [0.3, 0.4) is 0 Å². The van der Waals surface area contributed by atoms with E-state index in [1.54, 1.807) is 0 Å². The maximum atomic E-state index is 12.5. The third kappa shape index (κ3) is 4.09. The third-order valence-corrected chi connectivity index (χ3v) is 4.86. The number of carbonyl (C=O) groups excluding carboxylic acids is 1. The van der Waals surface area contributed by atoms with Gasteiger partial charge >= 0.3 is 0 Å². The Labute approximate surface area is 148 Å². The van der Waals surface area contributed by atoms with Crippen LogP contribution in [-0.4, -0.2) is 37.0 Å². The van der Waals surface area contributed by atoms with Gasteiger partial charge in [-0.15, -0.1) is 0 Å². The van der Waals surface area contributed by atoms with Crippen molar-refractivity contribution in [3.8, 4) is 0 Å². The standard InChI is InChI=1S/C20H23ClN2O/c1-2-16-5-9-19(10-6-16)22-11-13-23(14-12-22)20(24)15-17-3-7-18(21)8-4-17/h3-10H,2,11-15H2,1H3. The summed E-state index contributed by atoms with van der Waals surface area (Å²) in [6.07, 6.45) is 1.51. The van der Waals surface area contributed by atoms with Crippen LogP contribution in [0.2, 0.25) is 5.02 Å². The van der Waals surface area contributed by atoms with Gasteiger partial charge in [-0.2, -0.15) is 0 Å². The smallest absolute Gasteiger partial charge is 0.227 e. The first-order chi connectivity index (χ1) is 11.7. The number of hydrogen-bond acceptors (Lipinski definition) is 2. The van der Waals surface area contributed by atoms with E-state index in [-0.39, 0.29) is 5.91 Å². The zero-order chi connectivity index (χ0) is 16.9. The van der Waals surface area contributed by atoms with Crippen molar-refractivity contribution in [1.29, 1.82) is 0 Å². The lowest BCUT2D eigenvalue weighted by Crippen LogP contribution is -2.49. The summed E-state index contributed by atoms with van der Waals surface area (Å²) < 4.78 is 0. The third-order valence-electron chi connectivity index (χ3n) is 4.61. The second-order valence-electron chi connectivity index (χ2n) is 6.19. The average molecular weight is 343 g/mol. The molecule has 0 radical (unpaired) electrons. The summed E-state index contributed by atoms with van der Waals surface area (Å²) in [5.74, 6) is 0.193. The van der Waals surface area contributed by atoms with Crippen molar-refractivity contribution in [2.45, 2.75) is 19.8 Å². The van der Waals surface area contributed by atoms with Crippen molar-refractivity contribution in [1.82, 2.24) is 4.90 Å². The fourth-order valence-electron chi connectivity index (χ4n) is 3.05. The number of piperazine rings is 1. The summed E-state index contributed by atoms with van der Waals surface area (Å²) in [6, 6.07) is 16.3. The number of rotatable bonds is 4. The monoisotopic (exact) mass is 342 g/mol. The highest BCUT2D eigenvalue weighted by Crippen LogP contribution is 2.18. The van der Waals surface area contributed by atoms with Crippen molar-refractivity contribution >= 4 is 23.2 Å². The molecule has 3 rings (SSSR count). The van der Waals surface area contributed by atoms with E-state index >= 15 is 0 Å². The van der Waals surface area contributed by atoms with E-state index in [0.29, 0.717) is 11.4 Å². The first kappa shape index (κ1) is 16.8. The van der Waals surface area contributed by atoms with Gasteiger partial charge < -0.3 is 9.80 Å². The minimum absolute atomic E-state index is 0.193. The molecule has 2 aromatic carbocycles. The number of amides is 1. The number of anilines is 1. The Morgan fingerprint density at radius 1 is 0.917 bits per heavy atom. The Hall–Kier alpha value is -2.00. The lowest BCUT2D eigenvalue weighted by molar-refractivity contribution is -0.130. The zero-order valence-corrected chi connectivity index (χ0v) is 14.8. The van der Waals surface area contributed by atoms with Crippen LogP contribution in [0.25, 0.3) is 0 Å². The van der Waals surface area contributed by atoms with Crippen molar-refractivity contribution in [3.63, 3.8) is 0 Å². The predicted molar refractivity (Wildman–Crippen MR) is 99.8 cm³/mol. The molecule has 0 saturated carbocycles. The van der Waals surface area contributed by atoms with Gasteiger partial charge in [0.2, 0.25) is 5.91 Å². The molecule has 0 unspecified atom stereocenters. The quantitative estimate of drug-likeness (QED) is 0.844. The highest BCUT2D eigenvalue weighted by molar-refractivity contribution is 6.30. The van der Waals surface area contributed by atoms with Crippen LogP contribution >= 0.6 is 11.6 Å². The number of aryl methyl sites for hydroxylation is 1. The maximum Gasteiger partial charge on any atom is 0.227 e. The Balaban J connectivity index is 1.54. The van der Waals surface area contributed by atoms with Gasteiger partial charge in [-0.25, -0.2) is 0 Å². The molecule has 0 spiro atoms. The molecule has 2 aromatic rings. The Morgan fingerprint density at radius 3 is 2.08 bits per heavy atom. The van der Waals surface area contributed by atoms with Gasteiger partial charge in [-0.05, 0) is 41.8 Å². The minimum Gasteiger partial charge on any atom is -0.368 e. The Morgan fingerprint density at radius 2 is 1.50 bits per heavy atom. The second-order valence-corrected chi connectivity index (χ2v) is 6.63. The summed E-state index contributed by atoms with van der Waals surface area (Å²) >= 11 is 5.89. The van der Waals surface area contributed by atoms with Gasteiger partial charge in [0.05, 0.1) is 6.42 Å². The van der Waals surface area contributed by atoms with E-state index in [1.807, 2.05) is 29.2 Å². The van der Waals surface area contributed by atoms with E-state index in [2.05, 4.69) is 36.1 Å². The molecule has 0 bridgehead atoms. The van der Waals surface area contributed by atoms with Gasteiger partial charge in [-0.1, -0.05) is 42.8 Å². The van der Waals surface area contributed by atoms with Crippen LogP contribution in [0.5, 0.6) is 0 Å². The molecule has 1 amide bonds. The van der Waals surface area contributed by atoms with Crippen LogP contribution < -0.4 is 4.90 Å². The van der Waals surface area contributed by atoms with Crippen LogP contribution in [0, 0.1) is 0 Å². The van der Waals surface area contributed by atoms with E-state index in [9.17, 15) is 4.79 Å². The van der Waals surface area contributed by atoms with E-state index in [0.717, 1.165) is 38.2 Å². The fraction of sp³-hybridized carbons (Fsp3) is 0.350. The lowest BCUT2D eigenvalue weighted by atomic mass is 10.1. The van der Waals surface area contributed by atoms with Gasteiger partial charge in [0.1, 0.15) is 0 Å². The van der Waals surface area contributed by atoms with Crippen molar-refractivity contribution < 1.29 is 4.79 Å². The molecule has 1 heterocycles. The number of hydrogen-bond donors (Lipinski definition) is 0. The molecule has 0 aromatic heterocycles. The average Bonchev–Trinajstić information content (AvgIpc) is 2.64. The van der Waals surface area contributed by atoms with Crippen molar-refractivity contribution in [2.24, 2.45) is 0 Å². The molecule has 4 heteroatoms. The van der Waals surface area contributed by atoms with Crippen molar-refractivity contribution in [3.05, 3.63) is 64.7 Å². The highest BCUT2D eigenvalue weighted by atomic mass is 35.5. The molecule has 3 nitrogen and oxygen atoms in total. The highest BCUT2D eigenvalue weighted by Gasteiger charge is 2.21. The van der Waals surface area contributed by atoms with Crippen molar-refractivity contribution in [2.75, 3.05) is 31.1 Å². The summed E-state index contributed by atoms with van der Waals surface area (Å²) in [7, 11) is 0. The molecule has 126 valence electrons. The van der Waals surface area contributed by atoms with E-state index in [4.69, 9.17) is 11.6 Å². The minimum atomic E-state index is 0.193. The number of halogens is 1. The molecule has 1 saturated heterocycles. The molecule has 24 heavy (non-hydrogen) atoms. The van der Waals surface area contributed by atoms with Crippen LogP contribution in [0.1, 0.15) is 18.1 Å². The van der Waals surface area contributed by atoms with E-state index in [1.165, 1.54) is 11.3 Å². The van der Waals surface area contributed by atoms with Crippen LogP contribution in [0.15, 0.2) is 48.5 Å². The summed E-state index contributed by atoms with van der Waals surface area (Å²) in [4.78, 5) is 16.8. The number of carbonyl (C=O) groups is 1. The molecular weight excluding hydrogens is 320 g/mol. The maximum absolute atomic E-state index is 12.5. The predicted octanol–water partition coefficient (Wildman–Crippen LogP) is 3.79. The number of benzene rings is 2. The lowest BCUT2D eigenvalue weighted by Gasteiger charge is -2.36. The topological polar surface area (TPSA) is 23.6 Å². The van der Waals surface area contributed by atoms with E-state index < -0.39 is 0 Å². The first-order valence-corrected chi connectivity index (χ1v) is 8.89. The van der Waals surface area contributed by atoms with Crippen LogP contribution in [-0.2, 0) is 17.6 Å². The summed E-state index contributed by atoms with van der Waals surface area (Å²) in [6.45, 7) is 5.50. The van der Waals surface area contributed by atoms with Crippen LogP contribution in [0.4, 0.5) is 5.69 Å². The second kappa shape index (κ2) is 7.71. The molecule has 1 aliphatic heterocycles. The Kier molecular flexibility index (Phi) is 5.41. The first-order valence-electron chi connectivity index (χ1n) is 8.52. The van der Waals surface area contributed by atoms with Gasteiger partial charge in [0, 0.05) is 36.9 Å². The van der Waals surface area contributed by atoms with Gasteiger partial charge in [-0.3, -0.25) is 4.79 Å². The molecule has 0 N–H and O–H groups in total. The zero-order valence-electron chi connectivity index (χ0n) is 14.0. The van der Waals surface area contributed by atoms with Gasteiger partial charge in [0.25, 0.3) is 0 Å². The molecule has 1 fully saturated rings. The molecular formula is C20H23ClN2O. The summed E-state index contributed by atoms with van der Waals surface area (Å²) in [5, 5.41) is 0.703. The molecule has 0 aliphatic carbocycles. The molecule has 0 atom stereocenters. The largest absolute Gasteiger partial charge is 0.368 e. The Bertz CT molecular complexity index is 674. The fourth-order valence-corrected chi connectivity index (χ4v) is 3.17.